The third-order valence-electron chi connectivity index (χ3n) is 3.99. The van der Waals surface area contributed by atoms with Crippen molar-refractivity contribution in [2.75, 3.05) is 0 Å². The van der Waals surface area contributed by atoms with Gasteiger partial charge in [-0.15, -0.1) is 0 Å². The van der Waals surface area contributed by atoms with Gasteiger partial charge >= 0.3 is 0 Å². The molecule has 0 fully saturated rings. The lowest BCUT2D eigenvalue weighted by atomic mass is 10.0. The Morgan fingerprint density at radius 3 is 1.96 bits per heavy atom. The van der Waals surface area contributed by atoms with Gasteiger partial charge in [0.25, 0.3) is 0 Å². The van der Waals surface area contributed by atoms with Crippen LogP contribution in [0.3, 0.4) is 0 Å². The van der Waals surface area contributed by atoms with Crippen LogP contribution in [0.1, 0.15) is 0 Å². The summed E-state index contributed by atoms with van der Waals surface area (Å²) in [6, 6.07) is 28.8. The number of rotatable bonds is 3. The molecule has 2 aromatic carbocycles. The van der Waals surface area contributed by atoms with Crippen LogP contribution in [0.25, 0.3) is 33.6 Å². The standard InChI is InChI=1S/C22H16N2/c1-2-7-17(8-3-1)22-13-12-20(16-24-22)18-9-6-10-19(15-18)21-11-4-5-14-23-21/h1-16H. The van der Waals surface area contributed by atoms with E-state index in [0.29, 0.717) is 0 Å². The van der Waals surface area contributed by atoms with Crippen molar-refractivity contribution in [1.29, 1.82) is 0 Å². The molecular formula is C22H16N2. The van der Waals surface area contributed by atoms with Crippen LogP contribution in [0.2, 0.25) is 0 Å². The molecule has 0 radical (unpaired) electrons. The molecule has 4 aromatic rings. The van der Waals surface area contributed by atoms with Crippen LogP contribution in [0.4, 0.5) is 0 Å². The van der Waals surface area contributed by atoms with Gasteiger partial charge in [-0.2, -0.15) is 0 Å². The fraction of sp³-hybridized carbons (Fsp3) is 0. The van der Waals surface area contributed by atoms with Crippen molar-refractivity contribution in [3.63, 3.8) is 0 Å². The van der Waals surface area contributed by atoms with Crippen LogP contribution in [0, 0.1) is 0 Å². The molecule has 0 N–H and O–H groups in total. The van der Waals surface area contributed by atoms with Crippen molar-refractivity contribution in [2.24, 2.45) is 0 Å². The summed E-state index contributed by atoms with van der Waals surface area (Å²) in [5.74, 6) is 0. The average Bonchev–Trinajstić information content (AvgIpc) is 2.70. The fourth-order valence-electron chi connectivity index (χ4n) is 2.74. The quantitative estimate of drug-likeness (QED) is 0.501. The molecule has 0 amide bonds. The monoisotopic (exact) mass is 308 g/mol. The number of hydrogen-bond donors (Lipinski definition) is 0. The van der Waals surface area contributed by atoms with Crippen molar-refractivity contribution in [2.45, 2.75) is 0 Å². The number of aromatic nitrogens is 2. The van der Waals surface area contributed by atoms with Gasteiger partial charge in [-0.05, 0) is 29.8 Å². The van der Waals surface area contributed by atoms with Crippen LogP contribution in [0.5, 0.6) is 0 Å². The number of nitrogens with zero attached hydrogens (tertiary/aromatic N) is 2. The van der Waals surface area contributed by atoms with Crippen LogP contribution >= 0.6 is 0 Å². The SMILES string of the molecule is c1ccc(-c2ccc(-c3cccc(-c4ccccn4)c3)cn2)cc1. The van der Waals surface area contributed by atoms with E-state index in [-0.39, 0.29) is 0 Å². The molecule has 2 nitrogen and oxygen atoms in total. The minimum atomic E-state index is 0.980. The molecule has 2 heteroatoms. The highest BCUT2D eigenvalue weighted by Gasteiger charge is 2.04. The summed E-state index contributed by atoms with van der Waals surface area (Å²) in [5, 5.41) is 0. The first-order valence-electron chi connectivity index (χ1n) is 7.93. The van der Waals surface area contributed by atoms with Gasteiger partial charge in [0, 0.05) is 29.1 Å². The third-order valence-corrected chi connectivity index (χ3v) is 3.99. The molecular weight excluding hydrogens is 292 g/mol. The minimum absolute atomic E-state index is 0.980. The van der Waals surface area contributed by atoms with Gasteiger partial charge in [0.15, 0.2) is 0 Å². The van der Waals surface area contributed by atoms with Crippen LogP contribution in [0.15, 0.2) is 97.3 Å². The van der Waals surface area contributed by atoms with Crippen LogP contribution < -0.4 is 0 Å². The Morgan fingerprint density at radius 2 is 1.21 bits per heavy atom. The Morgan fingerprint density at radius 1 is 0.458 bits per heavy atom. The largest absolute Gasteiger partial charge is 0.256 e. The van der Waals surface area contributed by atoms with Crippen molar-refractivity contribution in [3.8, 4) is 33.6 Å². The fourth-order valence-corrected chi connectivity index (χ4v) is 2.74. The molecule has 0 spiro atoms. The normalized spacial score (nSPS) is 10.5. The number of benzene rings is 2. The third kappa shape index (κ3) is 2.95. The summed E-state index contributed by atoms with van der Waals surface area (Å²) in [7, 11) is 0. The Hall–Kier alpha value is -3.26. The van der Waals surface area contributed by atoms with Gasteiger partial charge in [0.1, 0.15) is 0 Å². The molecule has 0 saturated heterocycles. The smallest absolute Gasteiger partial charge is 0.0702 e. The minimum Gasteiger partial charge on any atom is -0.256 e. The second kappa shape index (κ2) is 6.47. The maximum atomic E-state index is 4.61. The van der Waals surface area contributed by atoms with E-state index in [1.54, 1.807) is 0 Å². The highest BCUT2D eigenvalue weighted by atomic mass is 14.7. The molecule has 0 aliphatic heterocycles. The molecule has 2 aromatic heterocycles. The molecule has 2 heterocycles. The lowest BCUT2D eigenvalue weighted by molar-refractivity contribution is 1.32. The van der Waals surface area contributed by atoms with Gasteiger partial charge in [-0.1, -0.05) is 60.7 Å². The molecule has 0 aliphatic rings. The van der Waals surface area contributed by atoms with E-state index < -0.39 is 0 Å². The summed E-state index contributed by atoms with van der Waals surface area (Å²) in [6.45, 7) is 0. The molecule has 114 valence electrons. The Labute approximate surface area is 141 Å². The van der Waals surface area contributed by atoms with Gasteiger partial charge in [-0.3, -0.25) is 9.97 Å². The summed E-state index contributed by atoms with van der Waals surface area (Å²) >= 11 is 0. The first kappa shape index (κ1) is 14.3. The summed E-state index contributed by atoms with van der Waals surface area (Å²) in [6.07, 6.45) is 3.75. The van der Waals surface area contributed by atoms with Gasteiger partial charge in [-0.25, -0.2) is 0 Å². The van der Waals surface area contributed by atoms with Gasteiger partial charge in [0.2, 0.25) is 0 Å². The molecule has 0 unspecified atom stereocenters. The maximum absolute atomic E-state index is 4.61. The zero-order chi connectivity index (χ0) is 16.2. The van der Waals surface area contributed by atoms with Crippen LogP contribution in [-0.2, 0) is 0 Å². The second-order valence-corrected chi connectivity index (χ2v) is 5.59. The van der Waals surface area contributed by atoms with E-state index in [4.69, 9.17) is 0 Å². The van der Waals surface area contributed by atoms with Crippen molar-refractivity contribution >= 4 is 0 Å². The predicted molar refractivity (Wildman–Crippen MR) is 98.3 cm³/mol. The summed E-state index contributed by atoms with van der Waals surface area (Å²) in [5.41, 5.74) is 6.46. The molecule has 0 aliphatic carbocycles. The van der Waals surface area contributed by atoms with Crippen molar-refractivity contribution in [1.82, 2.24) is 9.97 Å². The first-order chi connectivity index (χ1) is 11.9. The molecule has 0 atom stereocenters. The number of hydrogen-bond acceptors (Lipinski definition) is 2. The highest BCUT2D eigenvalue weighted by Crippen LogP contribution is 2.26. The predicted octanol–water partition coefficient (Wildman–Crippen LogP) is 5.48. The van der Waals surface area contributed by atoms with E-state index in [0.717, 1.165) is 33.6 Å². The summed E-state index contributed by atoms with van der Waals surface area (Å²) in [4.78, 5) is 9.03. The maximum Gasteiger partial charge on any atom is 0.0702 e. The molecule has 0 bridgehead atoms. The number of pyridine rings is 2. The summed E-state index contributed by atoms with van der Waals surface area (Å²) < 4.78 is 0. The van der Waals surface area contributed by atoms with E-state index in [2.05, 4.69) is 58.5 Å². The average molecular weight is 308 g/mol. The topological polar surface area (TPSA) is 25.8 Å². The zero-order valence-electron chi connectivity index (χ0n) is 13.1. The molecule has 4 rings (SSSR count). The Bertz CT molecular complexity index is 930. The first-order valence-corrected chi connectivity index (χ1v) is 7.93. The Balaban J connectivity index is 1.67. The van der Waals surface area contributed by atoms with E-state index in [1.165, 1.54) is 0 Å². The van der Waals surface area contributed by atoms with Crippen molar-refractivity contribution in [3.05, 3.63) is 97.3 Å². The van der Waals surface area contributed by atoms with Gasteiger partial charge in [0.05, 0.1) is 11.4 Å². The van der Waals surface area contributed by atoms with E-state index in [9.17, 15) is 0 Å². The molecule has 24 heavy (non-hydrogen) atoms. The van der Waals surface area contributed by atoms with E-state index in [1.807, 2.05) is 48.8 Å². The van der Waals surface area contributed by atoms with Gasteiger partial charge < -0.3 is 0 Å². The Kier molecular flexibility index (Phi) is 3.86. The second-order valence-electron chi connectivity index (χ2n) is 5.59. The lowest BCUT2D eigenvalue weighted by Crippen LogP contribution is -1.86. The lowest BCUT2D eigenvalue weighted by Gasteiger charge is -2.06. The zero-order valence-corrected chi connectivity index (χ0v) is 13.1. The van der Waals surface area contributed by atoms with Crippen molar-refractivity contribution < 1.29 is 0 Å². The van der Waals surface area contributed by atoms with E-state index >= 15 is 0 Å². The van der Waals surface area contributed by atoms with Crippen LogP contribution in [-0.4, -0.2) is 9.97 Å². The molecule has 0 saturated carbocycles. The highest BCUT2D eigenvalue weighted by molar-refractivity contribution is 5.72.